The predicted molar refractivity (Wildman–Crippen MR) is 95.9 cm³/mol. The number of nitrogens with one attached hydrogen (secondary N) is 2. The topological polar surface area (TPSA) is 93.7 Å². The maximum absolute atomic E-state index is 12.4. The van der Waals surface area contributed by atoms with Gasteiger partial charge in [0.2, 0.25) is 0 Å². The summed E-state index contributed by atoms with van der Waals surface area (Å²) in [7, 11) is -2.33. The van der Waals surface area contributed by atoms with Crippen molar-refractivity contribution in [1.82, 2.24) is 0 Å². The molecule has 0 heterocycles. The molecule has 2 rings (SSSR count). The van der Waals surface area contributed by atoms with Crippen LogP contribution in [0.15, 0.2) is 47.4 Å². The van der Waals surface area contributed by atoms with Crippen molar-refractivity contribution in [2.24, 2.45) is 0 Å². The molecule has 0 aliphatic heterocycles. The number of anilines is 2. The van der Waals surface area contributed by atoms with Crippen molar-refractivity contribution >= 4 is 39.1 Å². The monoisotopic (exact) mass is 384 g/mol. The minimum absolute atomic E-state index is 0.0360. The zero-order chi connectivity index (χ0) is 18.4. The molecule has 7 nitrogen and oxygen atoms in total. The van der Waals surface area contributed by atoms with Gasteiger partial charge in [-0.2, -0.15) is 0 Å². The summed E-state index contributed by atoms with van der Waals surface area (Å²) < 4.78 is 37.0. The molecule has 2 aromatic carbocycles. The van der Waals surface area contributed by atoms with Gasteiger partial charge in [-0.05, 0) is 49.4 Å². The summed E-state index contributed by atoms with van der Waals surface area (Å²) in [6.45, 7) is 1.93. The van der Waals surface area contributed by atoms with E-state index in [-0.39, 0.29) is 16.5 Å². The Bertz CT molecular complexity index is 853. The first-order valence-electron chi connectivity index (χ1n) is 7.26. The lowest BCUT2D eigenvalue weighted by Gasteiger charge is -2.11. The maximum Gasteiger partial charge on any atom is 0.411 e. The number of halogens is 1. The minimum atomic E-state index is -3.80. The fourth-order valence-corrected chi connectivity index (χ4v) is 3.25. The van der Waals surface area contributed by atoms with Gasteiger partial charge in [-0.3, -0.25) is 10.0 Å². The highest BCUT2D eigenvalue weighted by Gasteiger charge is 2.15. The number of rotatable bonds is 6. The summed E-state index contributed by atoms with van der Waals surface area (Å²) in [4.78, 5) is 11.4. The van der Waals surface area contributed by atoms with Gasteiger partial charge in [-0.15, -0.1) is 0 Å². The van der Waals surface area contributed by atoms with E-state index in [0.29, 0.717) is 17.1 Å². The van der Waals surface area contributed by atoms with Crippen LogP contribution in [-0.2, 0) is 14.8 Å². The lowest BCUT2D eigenvalue weighted by atomic mass is 10.3. The number of amides is 1. The fourth-order valence-electron chi connectivity index (χ4n) is 1.95. The van der Waals surface area contributed by atoms with Gasteiger partial charge in [-0.25, -0.2) is 13.2 Å². The Kier molecular flexibility index (Phi) is 6.11. The molecule has 0 saturated carbocycles. The minimum Gasteiger partial charge on any atom is -0.495 e. The number of sulfonamides is 1. The van der Waals surface area contributed by atoms with Gasteiger partial charge < -0.3 is 9.47 Å². The normalized spacial score (nSPS) is 10.8. The Morgan fingerprint density at radius 2 is 1.76 bits per heavy atom. The van der Waals surface area contributed by atoms with E-state index in [0.717, 1.165) is 0 Å². The molecule has 0 aliphatic rings. The SMILES string of the molecule is CCOC(=O)Nc1ccc(S(=O)(=O)Nc2ccc(OC)c(Cl)c2)cc1. The summed E-state index contributed by atoms with van der Waals surface area (Å²) >= 11 is 5.99. The molecule has 2 aromatic rings. The first kappa shape index (κ1) is 18.9. The molecule has 9 heteroatoms. The van der Waals surface area contributed by atoms with E-state index >= 15 is 0 Å². The molecule has 0 radical (unpaired) electrons. The summed E-state index contributed by atoms with van der Waals surface area (Å²) in [6.07, 6.45) is -0.607. The van der Waals surface area contributed by atoms with Gasteiger partial charge in [0, 0.05) is 5.69 Å². The molecule has 134 valence electrons. The third-order valence-electron chi connectivity index (χ3n) is 3.09. The summed E-state index contributed by atoms with van der Waals surface area (Å²) in [6, 6.07) is 10.2. The van der Waals surface area contributed by atoms with E-state index in [1.165, 1.54) is 37.4 Å². The highest BCUT2D eigenvalue weighted by Crippen LogP contribution is 2.28. The van der Waals surface area contributed by atoms with Crippen molar-refractivity contribution in [1.29, 1.82) is 0 Å². The van der Waals surface area contributed by atoms with E-state index in [2.05, 4.69) is 10.0 Å². The Morgan fingerprint density at radius 3 is 2.32 bits per heavy atom. The summed E-state index contributed by atoms with van der Waals surface area (Å²) in [5.41, 5.74) is 0.726. The van der Waals surface area contributed by atoms with Crippen LogP contribution in [-0.4, -0.2) is 28.2 Å². The molecular formula is C16H17ClN2O5S. The molecule has 0 aromatic heterocycles. The van der Waals surface area contributed by atoms with Crippen LogP contribution in [0.5, 0.6) is 5.75 Å². The van der Waals surface area contributed by atoms with Crippen LogP contribution >= 0.6 is 11.6 Å². The van der Waals surface area contributed by atoms with E-state index < -0.39 is 16.1 Å². The second-order valence-electron chi connectivity index (χ2n) is 4.82. The Labute approximate surface area is 151 Å². The Balaban J connectivity index is 2.14. The van der Waals surface area contributed by atoms with Crippen LogP contribution in [0.3, 0.4) is 0 Å². The van der Waals surface area contributed by atoms with E-state index in [1.54, 1.807) is 19.1 Å². The van der Waals surface area contributed by atoms with Crippen molar-refractivity contribution in [3.05, 3.63) is 47.5 Å². The number of carbonyl (C=O) groups is 1. The Hall–Kier alpha value is -2.45. The van der Waals surface area contributed by atoms with Gasteiger partial charge in [0.05, 0.1) is 29.3 Å². The summed E-state index contributed by atoms with van der Waals surface area (Å²) in [5, 5.41) is 2.77. The Morgan fingerprint density at radius 1 is 1.12 bits per heavy atom. The molecule has 0 bridgehead atoms. The van der Waals surface area contributed by atoms with Gasteiger partial charge in [0.15, 0.2) is 0 Å². The highest BCUT2D eigenvalue weighted by atomic mass is 35.5. The average molecular weight is 385 g/mol. The van der Waals surface area contributed by atoms with Gasteiger partial charge in [0.25, 0.3) is 10.0 Å². The molecule has 0 unspecified atom stereocenters. The number of hydrogen-bond acceptors (Lipinski definition) is 5. The standard InChI is InChI=1S/C16H17ClN2O5S/c1-3-24-16(20)18-11-4-7-13(8-5-11)25(21,22)19-12-6-9-15(23-2)14(17)10-12/h4-10,19H,3H2,1-2H3,(H,18,20). The first-order chi connectivity index (χ1) is 11.9. The second-order valence-corrected chi connectivity index (χ2v) is 6.91. The van der Waals surface area contributed by atoms with Crippen LogP contribution < -0.4 is 14.8 Å². The van der Waals surface area contributed by atoms with Crippen LogP contribution in [0.25, 0.3) is 0 Å². The van der Waals surface area contributed by atoms with Crippen molar-refractivity contribution in [3.63, 3.8) is 0 Å². The van der Waals surface area contributed by atoms with Crippen molar-refractivity contribution in [2.45, 2.75) is 11.8 Å². The lowest BCUT2D eigenvalue weighted by molar-refractivity contribution is 0.168. The van der Waals surface area contributed by atoms with Crippen LogP contribution in [0, 0.1) is 0 Å². The first-order valence-corrected chi connectivity index (χ1v) is 9.12. The predicted octanol–water partition coefficient (Wildman–Crippen LogP) is 3.72. The largest absolute Gasteiger partial charge is 0.495 e. The molecule has 0 fully saturated rings. The van der Waals surface area contributed by atoms with Crippen molar-refractivity contribution in [3.8, 4) is 5.75 Å². The third-order valence-corrected chi connectivity index (χ3v) is 4.78. The number of hydrogen-bond donors (Lipinski definition) is 2. The van der Waals surface area contributed by atoms with Crippen LogP contribution in [0.2, 0.25) is 5.02 Å². The molecule has 0 saturated heterocycles. The molecule has 2 N–H and O–H groups in total. The molecular weight excluding hydrogens is 368 g/mol. The molecule has 0 aliphatic carbocycles. The van der Waals surface area contributed by atoms with Gasteiger partial charge in [0.1, 0.15) is 5.75 Å². The smallest absolute Gasteiger partial charge is 0.411 e. The quantitative estimate of drug-likeness (QED) is 0.791. The van der Waals surface area contributed by atoms with E-state index in [1.807, 2.05) is 0 Å². The fraction of sp³-hybridized carbons (Fsp3) is 0.188. The maximum atomic E-state index is 12.4. The second kappa shape index (κ2) is 8.09. The van der Waals surface area contributed by atoms with E-state index in [9.17, 15) is 13.2 Å². The number of methoxy groups -OCH3 is 1. The highest BCUT2D eigenvalue weighted by molar-refractivity contribution is 7.92. The number of ether oxygens (including phenoxy) is 2. The average Bonchev–Trinajstić information content (AvgIpc) is 2.55. The van der Waals surface area contributed by atoms with Crippen molar-refractivity contribution in [2.75, 3.05) is 23.8 Å². The third kappa shape index (κ3) is 5.01. The van der Waals surface area contributed by atoms with Crippen LogP contribution in [0.4, 0.5) is 16.2 Å². The van der Waals surface area contributed by atoms with Gasteiger partial charge in [-0.1, -0.05) is 11.6 Å². The summed E-state index contributed by atoms with van der Waals surface area (Å²) in [5.74, 6) is 0.444. The lowest BCUT2D eigenvalue weighted by Crippen LogP contribution is -2.14. The molecule has 0 atom stereocenters. The zero-order valence-electron chi connectivity index (χ0n) is 13.6. The molecule has 1 amide bonds. The number of carbonyl (C=O) groups excluding carboxylic acids is 1. The zero-order valence-corrected chi connectivity index (χ0v) is 15.1. The number of benzene rings is 2. The van der Waals surface area contributed by atoms with Crippen LogP contribution in [0.1, 0.15) is 6.92 Å². The van der Waals surface area contributed by atoms with E-state index in [4.69, 9.17) is 21.1 Å². The molecule has 0 spiro atoms. The van der Waals surface area contributed by atoms with Crippen molar-refractivity contribution < 1.29 is 22.7 Å². The molecule has 25 heavy (non-hydrogen) atoms. The van der Waals surface area contributed by atoms with Gasteiger partial charge >= 0.3 is 6.09 Å².